The van der Waals surface area contributed by atoms with Crippen LogP contribution >= 0.6 is 0 Å². The number of rotatable bonds is 2. The van der Waals surface area contributed by atoms with Crippen LogP contribution in [0, 0.1) is 6.92 Å². The van der Waals surface area contributed by atoms with Crippen LogP contribution in [0.2, 0.25) is 0 Å². The van der Waals surface area contributed by atoms with Gasteiger partial charge in [-0.25, -0.2) is 4.79 Å². The van der Waals surface area contributed by atoms with Gasteiger partial charge >= 0.3 is 5.97 Å². The molecule has 0 aliphatic rings. The van der Waals surface area contributed by atoms with Crippen molar-refractivity contribution in [2.24, 2.45) is 5.90 Å². The molecule has 0 saturated carbocycles. The zero-order valence-corrected chi connectivity index (χ0v) is 7.53. The Morgan fingerprint density at radius 3 is 2.69 bits per heavy atom. The average Bonchev–Trinajstić information content (AvgIpc) is 2.16. The predicted octanol–water partition coefficient (Wildman–Crippen LogP) is 1.03. The van der Waals surface area contributed by atoms with Gasteiger partial charge in [-0.15, -0.1) is 0 Å². The van der Waals surface area contributed by atoms with Gasteiger partial charge in [0.1, 0.15) is 11.3 Å². The SMILES string of the molecule is COc1cc(C)ccc1C(=O)ON. The third-order valence-corrected chi connectivity index (χ3v) is 1.68. The molecule has 0 unspecified atom stereocenters. The number of carbonyl (C=O) groups is 1. The Morgan fingerprint density at radius 1 is 1.46 bits per heavy atom. The molecule has 4 heteroatoms. The number of methoxy groups -OCH3 is 1. The van der Waals surface area contributed by atoms with Crippen molar-refractivity contribution in [3.05, 3.63) is 29.3 Å². The van der Waals surface area contributed by atoms with Gasteiger partial charge in [0.05, 0.1) is 7.11 Å². The Labute approximate surface area is 76.2 Å². The largest absolute Gasteiger partial charge is 0.496 e. The van der Waals surface area contributed by atoms with E-state index in [1.807, 2.05) is 6.92 Å². The molecule has 0 spiro atoms. The first kappa shape index (κ1) is 9.54. The van der Waals surface area contributed by atoms with Crippen molar-refractivity contribution in [2.45, 2.75) is 6.92 Å². The lowest BCUT2D eigenvalue weighted by Crippen LogP contribution is -2.11. The van der Waals surface area contributed by atoms with E-state index in [4.69, 9.17) is 10.6 Å². The minimum absolute atomic E-state index is 0.329. The van der Waals surface area contributed by atoms with Gasteiger partial charge in [0.25, 0.3) is 0 Å². The lowest BCUT2D eigenvalue weighted by molar-refractivity contribution is 0.0500. The van der Waals surface area contributed by atoms with E-state index < -0.39 is 5.97 Å². The highest BCUT2D eigenvalue weighted by atomic mass is 16.7. The second-order valence-electron chi connectivity index (χ2n) is 2.61. The van der Waals surface area contributed by atoms with Crippen molar-refractivity contribution in [1.29, 1.82) is 0 Å². The van der Waals surface area contributed by atoms with E-state index in [-0.39, 0.29) is 0 Å². The molecule has 13 heavy (non-hydrogen) atoms. The molecule has 0 radical (unpaired) electrons. The molecule has 0 aliphatic heterocycles. The zero-order valence-electron chi connectivity index (χ0n) is 7.53. The minimum atomic E-state index is -0.600. The van der Waals surface area contributed by atoms with Gasteiger partial charge in [0.2, 0.25) is 0 Å². The van der Waals surface area contributed by atoms with Crippen LogP contribution in [0.5, 0.6) is 5.75 Å². The van der Waals surface area contributed by atoms with Crippen molar-refractivity contribution in [3.8, 4) is 5.75 Å². The smallest absolute Gasteiger partial charge is 0.360 e. The van der Waals surface area contributed by atoms with E-state index in [2.05, 4.69) is 4.84 Å². The molecule has 1 aromatic carbocycles. The summed E-state index contributed by atoms with van der Waals surface area (Å²) >= 11 is 0. The number of ether oxygens (including phenoxy) is 1. The van der Waals surface area contributed by atoms with E-state index in [9.17, 15) is 4.79 Å². The first-order valence-corrected chi connectivity index (χ1v) is 3.74. The van der Waals surface area contributed by atoms with Gasteiger partial charge < -0.3 is 9.57 Å². The average molecular weight is 181 g/mol. The molecule has 0 heterocycles. The summed E-state index contributed by atoms with van der Waals surface area (Å²) in [6.45, 7) is 1.90. The summed E-state index contributed by atoms with van der Waals surface area (Å²) in [5.41, 5.74) is 1.33. The Morgan fingerprint density at radius 2 is 2.15 bits per heavy atom. The van der Waals surface area contributed by atoms with Crippen molar-refractivity contribution in [1.82, 2.24) is 0 Å². The number of benzene rings is 1. The molecular formula is C9H11NO3. The molecule has 70 valence electrons. The maximum atomic E-state index is 11.1. The van der Waals surface area contributed by atoms with E-state index >= 15 is 0 Å². The van der Waals surface area contributed by atoms with Gasteiger partial charge in [-0.1, -0.05) is 6.07 Å². The molecule has 0 fully saturated rings. The Hall–Kier alpha value is -1.55. The van der Waals surface area contributed by atoms with Crippen molar-refractivity contribution < 1.29 is 14.4 Å². The molecule has 0 aromatic heterocycles. The van der Waals surface area contributed by atoms with Crippen LogP contribution in [-0.4, -0.2) is 13.1 Å². The monoisotopic (exact) mass is 181 g/mol. The van der Waals surface area contributed by atoms with Crippen LogP contribution in [0.1, 0.15) is 15.9 Å². The van der Waals surface area contributed by atoms with Crippen LogP contribution in [0.25, 0.3) is 0 Å². The molecule has 0 amide bonds. The summed E-state index contributed by atoms with van der Waals surface area (Å²) in [5.74, 6) is 4.63. The van der Waals surface area contributed by atoms with Crippen molar-refractivity contribution in [3.63, 3.8) is 0 Å². The van der Waals surface area contributed by atoms with Crippen molar-refractivity contribution in [2.75, 3.05) is 7.11 Å². The molecule has 1 aromatic rings. The van der Waals surface area contributed by atoms with E-state index in [1.165, 1.54) is 7.11 Å². The Kier molecular flexibility index (Phi) is 2.87. The summed E-state index contributed by atoms with van der Waals surface area (Å²) in [6.07, 6.45) is 0. The first-order chi connectivity index (χ1) is 6.19. The zero-order chi connectivity index (χ0) is 9.84. The van der Waals surface area contributed by atoms with E-state index in [1.54, 1.807) is 18.2 Å². The second-order valence-corrected chi connectivity index (χ2v) is 2.61. The maximum Gasteiger partial charge on any atom is 0.360 e. The van der Waals surface area contributed by atoms with E-state index in [0.29, 0.717) is 11.3 Å². The molecule has 4 nitrogen and oxygen atoms in total. The highest BCUT2D eigenvalue weighted by molar-refractivity contribution is 5.92. The second kappa shape index (κ2) is 3.91. The fourth-order valence-corrected chi connectivity index (χ4v) is 1.03. The normalized spacial score (nSPS) is 9.46. The molecule has 0 saturated heterocycles. The summed E-state index contributed by atoms with van der Waals surface area (Å²) in [5, 5.41) is 0. The van der Waals surface area contributed by atoms with Crippen molar-refractivity contribution >= 4 is 5.97 Å². The van der Waals surface area contributed by atoms with Gasteiger partial charge in [0.15, 0.2) is 0 Å². The van der Waals surface area contributed by atoms with Gasteiger partial charge in [0, 0.05) is 0 Å². The fraction of sp³-hybridized carbons (Fsp3) is 0.222. The van der Waals surface area contributed by atoms with Crippen LogP contribution in [0.3, 0.4) is 0 Å². The number of nitrogens with two attached hydrogens (primary N) is 1. The van der Waals surface area contributed by atoms with Crippen LogP contribution in [0.15, 0.2) is 18.2 Å². The summed E-state index contributed by atoms with van der Waals surface area (Å²) in [4.78, 5) is 15.2. The van der Waals surface area contributed by atoms with Gasteiger partial charge in [-0.2, -0.15) is 5.90 Å². The van der Waals surface area contributed by atoms with Gasteiger partial charge in [-0.05, 0) is 24.6 Å². The minimum Gasteiger partial charge on any atom is -0.496 e. The maximum absolute atomic E-state index is 11.1. The third kappa shape index (κ3) is 1.97. The molecular weight excluding hydrogens is 170 g/mol. The third-order valence-electron chi connectivity index (χ3n) is 1.68. The van der Waals surface area contributed by atoms with Crippen LogP contribution in [0.4, 0.5) is 0 Å². The highest BCUT2D eigenvalue weighted by Crippen LogP contribution is 2.19. The highest BCUT2D eigenvalue weighted by Gasteiger charge is 2.12. The quantitative estimate of drug-likeness (QED) is 0.692. The summed E-state index contributed by atoms with van der Waals surface area (Å²) in [7, 11) is 1.49. The topological polar surface area (TPSA) is 61.5 Å². The summed E-state index contributed by atoms with van der Waals surface area (Å²) < 4.78 is 4.99. The number of carbonyl (C=O) groups excluding carboxylic acids is 1. The van der Waals surface area contributed by atoms with Gasteiger partial charge in [-0.3, -0.25) is 0 Å². The Bertz CT molecular complexity index is 323. The Balaban J connectivity index is 3.13. The lowest BCUT2D eigenvalue weighted by Gasteiger charge is -2.06. The number of aryl methyl sites for hydroxylation is 1. The predicted molar refractivity (Wildman–Crippen MR) is 47.3 cm³/mol. The molecule has 0 atom stereocenters. The fourth-order valence-electron chi connectivity index (χ4n) is 1.03. The number of hydrogen-bond donors (Lipinski definition) is 1. The molecule has 2 N–H and O–H groups in total. The summed E-state index contributed by atoms with van der Waals surface area (Å²) in [6, 6.07) is 5.14. The van der Waals surface area contributed by atoms with Crippen LogP contribution < -0.4 is 10.6 Å². The molecule has 1 rings (SSSR count). The molecule has 0 bridgehead atoms. The van der Waals surface area contributed by atoms with E-state index in [0.717, 1.165) is 5.56 Å². The molecule has 0 aliphatic carbocycles. The lowest BCUT2D eigenvalue weighted by atomic mass is 10.1. The first-order valence-electron chi connectivity index (χ1n) is 3.74. The van der Waals surface area contributed by atoms with Crippen LogP contribution in [-0.2, 0) is 4.84 Å². The standard InChI is InChI=1S/C9H11NO3/c1-6-3-4-7(9(11)13-10)8(5-6)12-2/h3-5H,10H2,1-2H3. The number of hydrogen-bond acceptors (Lipinski definition) is 4.